The Balaban J connectivity index is 2.03. The van der Waals surface area contributed by atoms with Crippen LogP contribution in [0.5, 0.6) is 5.75 Å². The van der Waals surface area contributed by atoms with E-state index in [2.05, 4.69) is 18.2 Å². The van der Waals surface area contributed by atoms with Crippen LogP contribution in [-0.2, 0) is 0 Å². The van der Waals surface area contributed by atoms with Crippen molar-refractivity contribution in [3.8, 4) is 34.1 Å². The molecule has 2 nitrogen and oxygen atoms in total. The monoisotopic (exact) mass is 271 g/mol. The summed E-state index contributed by atoms with van der Waals surface area (Å²) in [6.07, 6.45) is 0. The summed E-state index contributed by atoms with van der Waals surface area (Å²) in [6, 6.07) is 25.0. The molecule has 3 rings (SSSR count). The molecule has 21 heavy (non-hydrogen) atoms. The van der Waals surface area contributed by atoms with Crippen molar-refractivity contribution in [2.75, 3.05) is 0 Å². The molecule has 2 heteroatoms. The number of nitrogens with zero attached hydrogens (tertiary/aromatic N) is 1. The van der Waals surface area contributed by atoms with Crippen molar-refractivity contribution in [3.63, 3.8) is 0 Å². The fourth-order valence-electron chi connectivity index (χ4n) is 2.34. The number of rotatable bonds is 2. The SMILES string of the molecule is N#Cc1ccc(O)cc1-c1ccc(-c2ccccc2)cc1. The van der Waals surface area contributed by atoms with Gasteiger partial charge in [0.05, 0.1) is 11.6 Å². The van der Waals surface area contributed by atoms with Crippen molar-refractivity contribution in [2.24, 2.45) is 0 Å². The molecule has 0 saturated carbocycles. The quantitative estimate of drug-likeness (QED) is 0.740. The topological polar surface area (TPSA) is 44.0 Å². The van der Waals surface area contributed by atoms with Crippen molar-refractivity contribution in [2.45, 2.75) is 0 Å². The molecule has 0 spiro atoms. The van der Waals surface area contributed by atoms with Crippen molar-refractivity contribution < 1.29 is 5.11 Å². The third-order valence-corrected chi connectivity index (χ3v) is 3.43. The average molecular weight is 271 g/mol. The van der Waals surface area contributed by atoms with E-state index >= 15 is 0 Å². The summed E-state index contributed by atoms with van der Waals surface area (Å²) in [6.45, 7) is 0. The van der Waals surface area contributed by atoms with Crippen LogP contribution in [0, 0.1) is 11.3 Å². The molecule has 0 aliphatic carbocycles. The van der Waals surface area contributed by atoms with Crippen LogP contribution >= 0.6 is 0 Å². The van der Waals surface area contributed by atoms with Gasteiger partial charge >= 0.3 is 0 Å². The first-order valence-corrected chi connectivity index (χ1v) is 6.67. The molecule has 3 aromatic rings. The van der Waals surface area contributed by atoms with Crippen LogP contribution in [0.3, 0.4) is 0 Å². The molecule has 0 aliphatic rings. The van der Waals surface area contributed by atoms with Crippen LogP contribution < -0.4 is 0 Å². The molecule has 0 radical (unpaired) electrons. The van der Waals surface area contributed by atoms with Gasteiger partial charge in [-0.3, -0.25) is 0 Å². The number of hydrogen-bond donors (Lipinski definition) is 1. The lowest BCUT2D eigenvalue weighted by Crippen LogP contribution is -1.85. The predicted molar refractivity (Wildman–Crippen MR) is 83.7 cm³/mol. The van der Waals surface area contributed by atoms with Gasteiger partial charge in [0.15, 0.2) is 0 Å². The Bertz CT molecular complexity index is 799. The molecule has 0 atom stereocenters. The molecular formula is C19H13NO. The summed E-state index contributed by atoms with van der Waals surface area (Å²) in [5.41, 5.74) is 4.50. The molecule has 100 valence electrons. The maximum atomic E-state index is 9.62. The third kappa shape index (κ3) is 2.63. The predicted octanol–water partition coefficient (Wildman–Crippen LogP) is 4.60. The number of nitriles is 1. The highest BCUT2D eigenvalue weighted by Gasteiger charge is 2.06. The highest BCUT2D eigenvalue weighted by Crippen LogP contribution is 2.29. The lowest BCUT2D eigenvalue weighted by molar-refractivity contribution is 0.475. The number of benzene rings is 3. The molecule has 0 heterocycles. The van der Waals surface area contributed by atoms with Gasteiger partial charge in [0, 0.05) is 5.56 Å². The standard InChI is InChI=1S/C19H13NO/c20-13-17-10-11-18(21)12-19(17)16-8-6-15(7-9-16)14-4-2-1-3-5-14/h1-12,21H. The number of phenols is 1. The molecule has 0 aliphatic heterocycles. The maximum Gasteiger partial charge on any atom is 0.116 e. The van der Waals surface area contributed by atoms with Crippen LogP contribution in [0.2, 0.25) is 0 Å². The van der Waals surface area contributed by atoms with Gasteiger partial charge in [0.25, 0.3) is 0 Å². The van der Waals surface area contributed by atoms with E-state index in [0.717, 1.165) is 22.3 Å². The number of aromatic hydroxyl groups is 1. The first-order valence-electron chi connectivity index (χ1n) is 6.67. The second kappa shape index (κ2) is 5.52. The minimum absolute atomic E-state index is 0.163. The van der Waals surface area contributed by atoms with Crippen molar-refractivity contribution >= 4 is 0 Å². The zero-order valence-electron chi connectivity index (χ0n) is 11.3. The second-order valence-electron chi connectivity index (χ2n) is 4.79. The zero-order valence-corrected chi connectivity index (χ0v) is 11.3. The van der Waals surface area contributed by atoms with Gasteiger partial charge in [-0.1, -0.05) is 54.6 Å². The van der Waals surface area contributed by atoms with Crippen LogP contribution in [0.1, 0.15) is 5.56 Å². The average Bonchev–Trinajstić information content (AvgIpc) is 2.56. The van der Waals surface area contributed by atoms with Crippen LogP contribution in [0.15, 0.2) is 72.8 Å². The Morgan fingerprint density at radius 2 is 1.33 bits per heavy atom. The Kier molecular flexibility index (Phi) is 3.41. The van der Waals surface area contributed by atoms with E-state index in [0.29, 0.717) is 5.56 Å². The molecule has 0 fully saturated rings. The van der Waals surface area contributed by atoms with E-state index in [9.17, 15) is 10.4 Å². The van der Waals surface area contributed by atoms with Crippen molar-refractivity contribution in [1.29, 1.82) is 5.26 Å². The molecule has 0 saturated heterocycles. The van der Waals surface area contributed by atoms with Crippen molar-refractivity contribution in [1.82, 2.24) is 0 Å². The van der Waals surface area contributed by atoms with E-state index in [4.69, 9.17) is 0 Å². The molecule has 3 aromatic carbocycles. The Labute approximate surface area is 123 Å². The lowest BCUT2D eigenvalue weighted by atomic mass is 9.97. The van der Waals surface area contributed by atoms with E-state index in [1.54, 1.807) is 12.1 Å². The van der Waals surface area contributed by atoms with Gasteiger partial charge < -0.3 is 5.11 Å². The van der Waals surface area contributed by atoms with Gasteiger partial charge in [0.1, 0.15) is 5.75 Å². The lowest BCUT2D eigenvalue weighted by Gasteiger charge is -2.07. The van der Waals surface area contributed by atoms with Gasteiger partial charge in [-0.2, -0.15) is 5.26 Å². The number of hydrogen-bond acceptors (Lipinski definition) is 2. The summed E-state index contributed by atoms with van der Waals surface area (Å²) in [5, 5.41) is 18.8. The van der Waals surface area contributed by atoms with Crippen LogP contribution in [0.25, 0.3) is 22.3 Å². The number of phenolic OH excluding ortho intramolecular Hbond substituents is 1. The maximum absolute atomic E-state index is 9.62. The molecule has 0 amide bonds. The summed E-state index contributed by atoms with van der Waals surface area (Å²) in [7, 11) is 0. The zero-order chi connectivity index (χ0) is 14.7. The van der Waals surface area contributed by atoms with E-state index in [1.165, 1.54) is 6.07 Å². The molecule has 1 N–H and O–H groups in total. The smallest absolute Gasteiger partial charge is 0.116 e. The van der Waals surface area contributed by atoms with E-state index in [1.807, 2.05) is 42.5 Å². The first-order chi connectivity index (χ1) is 10.3. The van der Waals surface area contributed by atoms with Gasteiger partial charge in [0.2, 0.25) is 0 Å². The Hall–Kier alpha value is -3.05. The van der Waals surface area contributed by atoms with E-state index in [-0.39, 0.29) is 5.75 Å². The summed E-state index contributed by atoms with van der Waals surface area (Å²) in [5.74, 6) is 0.163. The third-order valence-electron chi connectivity index (χ3n) is 3.43. The summed E-state index contributed by atoms with van der Waals surface area (Å²) in [4.78, 5) is 0. The largest absolute Gasteiger partial charge is 0.508 e. The van der Waals surface area contributed by atoms with Gasteiger partial charge in [-0.25, -0.2) is 0 Å². The highest BCUT2D eigenvalue weighted by molar-refractivity contribution is 5.75. The first kappa shape index (κ1) is 13.0. The fraction of sp³-hybridized carbons (Fsp3) is 0. The van der Waals surface area contributed by atoms with Crippen molar-refractivity contribution in [3.05, 3.63) is 78.4 Å². The molecule has 0 aromatic heterocycles. The highest BCUT2D eigenvalue weighted by atomic mass is 16.3. The Morgan fingerprint density at radius 3 is 2.00 bits per heavy atom. The normalized spacial score (nSPS) is 10.0. The summed E-state index contributed by atoms with van der Waals surface area (Å²) >= 11 is 0. The van der Waals surface area contributed by atoms with Crippen LogP contribution in [-0.4, -0.2) is 5.11 Å². The minimum Gasteiger partial charge on any atom is -0.508 e. The van der Waals surface area contributed by atoms with Crippen LogP contribution in [0.4, 0.5) is 0 Å². The minimum atomic E-state index is 0.163. The Morgan fingerprint density at radius 1 is 0.714 bits per heavy atom. The fourth-order valence-corrected chi connectivity index (χ4v) is 2.34. The summed E-state index contributed by atoms with van der Waals surface area (Å²) < 4.78 is 0. The molecule has 0 bridgehead atoms. The molecular weight excluding hydrogens is 258 g/mol. The van der Waals surface area contributed by atoms with Gasteiger partial charge in [-0.15, -0.1) is 0 Å². The van der Waals surface area contributed by atoms with E-state index < -0.39 is 0 Å². The molecule has 0 unspecified atom stereocenters. The van der Waals surface area contributed by atoms with Gasteiger partial charge in [-0.05, 0) is 34.9 Å². The second-order valence-corrected chi connectivity index (χ2v) is 4.79.